The van der Waals surface area contributed by atoms with Gasteiger partial charge in [0.2, 0.25) is 0 Å². The van der Waals surface area contributed by atoms with E-state index in [4.69, 9.17) is 4.74 Å². The number of rotatable bonds is 3. The van der Waals surface area contributed by atoms with E-state index in [1.807, 2.05) is 0 Å². The van der Waals surface area contributed by atoms with Crippen LogP contribution in [0, 0.1) is 11.8 Å². The van der Waals surface area contributed by atoms with E-state index < -0.39 is 0 Å². The molecule has 0 aromatic rings. The standard InChI is InChI=1S/C11H18O2/c1-8(2)10-5-4-9(3)11(6-10)13-7-12/h7,9-11H,1,4-6H2,2-3H3. The summed E-state index contributed by atoms with van der Waals surface area (Å²) in [4.78, 5) is 10.3. The molecule has 2 nitrogen and oxygen atoms in total. The first-order valence-electron chi connectivity index (χ1n) is 4.89. The lowest BCUT2D eigenvalue weighted by Crippen LogP contribution is -2.30. The molecule has 74 valence electrons. The van der Waals surface area contributed by atoms with Gasteiger partial charge in [0.1, 0.15) is 6.10 Å². The fourth-order valence-electron chi connectivity index (χ4n) is 1.99. The van der Waals surface area contributed by atoms with Crippen LogP contribution >= 0.6 is 0 Å². The Balaban J connectivity index is 2.52. The molecule has 0 aliphatic heterocycles. The van der Waals surface area contributed by atoms with E-state index >= 15 is 0 Å². The van der Waals surface area contributed by atoms with E-state index in [0.717, 1.165) is 12.8 Å². The summed E-state index contributed by atoms with van der Waals surface area (Å²) in [5.74, 6) is 1.04. The molecule has 1 rings (SSSR count). The number of allylic oxidation sites excluding steroid dienone is 1. The molecular weight excluding hydrogens is 164 g/mol. The highest BCUT2D eigenvalue weighted by atomic mass is 16.5. The first kappa shape index (κ1) is 10.3. The Hall–Kier alpha value is -0.790. The molecule has 3 atom stereocenters. The first-order chi connectivity index (χ1) is 6.15. The van der Waals surface area contributed by atoms with E-state index in [9.17, 15) is 4.79 Å². The molecule has 0 spiro atoms. The van der Waals surface area contributed by atoms with Gasteiger partial charge in [0.05, 0.1) is 0 Å². The molecule has 1 saturated carbocycles. The van der Waals surface area contributed by atoms with Gasteiger partial charge in [0.15, 0.2) is 0 Å². The highest BCUT2D eigenvalue weighted by molar-refractivity contribution is 5.37. The molecule has 13 heavy (non-hydrogen) atoms. The summed E-state index contributed by atoms with van der Waals surface area (Å²) in [6.07, 6.45) is 3.38. The molecule has 0 heterocycles. The fourth-order valence-corrected chi connectivity index (χ4v) is 1.99. The zero-order chi connectivity index (χ0) is 9.84. The van der Waals surface area contributed by atoms with Crippen molar-refractivity contribution in [2.24, 2.45) is 11.8 Å². The maximum atomic E-state index is 10.3. The molecule has 3 unspecified atom stereocenters. The monoisotopic (exact) mass is 182 g/mol. The molecule has 1 aliphatic rings. The summed E-state index contributed by atoms with van der Waals surface area (Å²) in [5, 5.41) is 0. The molecule has 0 radical (unpaired) electrons. The van der Waals surface area contributed by atoms with Gasteiger partial charge in [-0.1, -0.05) is 19.1 Å². The van der Waals surface area contributed by atoms with Gasteiger partial charge in [-0.25, -0.2) is 0 Å². The van der Waals surface area contributed by atoms with Crippen LogP contribution in [-0.2, 0) is 9.53 Å². The molecule has 0 saturated heterocycles. The molecule has 2 heteroatoms. The van der Waals surface area contributed by atoms with Gasteiger partial charge in [-0.3, -0.25) is 4.79 Å². The van der Waals surface area contributed by atoms with Gasteiger partial charge in [-0.05, 0) is 38.0 Å². The number of carbonyl (C=O) groups excluding carboxylic acids is 1. The van der Waals surface area contributed by atoms with Crippen molar-refractivity contribution in [1.82, 2.24) is 0 Å². The van der Waals surface area contributed by atoms with Crippen molar-refractivity contribution in [3.8, 4) is 0 Å². The van der Waals surface area contributed by atoms with E-state index in [1.165, 1.54) is 12.0 Å². The van der Waals surface area contributed by atoms with Gasteiger partial charge in [-0.15, -0.1) is 0 Å². The fraction of sp³-hybridized carbons (Fsp3) is 0.727. The molecule has 0 aromatic heterocycles. The molecule has 1 aliphatic carbocycles. The third kappa shape index (κ3) is 2.58. The Morgan fingerprint density at radius 3 is 2.77 bits per heavy atom. The highest BCUT2D eigenvalue weighted by Crippen LogP contribution is 2.33. The van der Waals surface area contributed by atoms with Crippen LogP contribution in [0.25, 0.3) is 0 Å². The van der Waals surface area contributed by atoms with Gasteiger partial charge < -0.3 is 4.74 Å². The van der Waals surface area contributed by atoms with Gasteiger partial charge in [0.25, 0.3) is 6.47 Å². The predicted octanol–water partition coefficient (Wildman–Crippen LogP) is 2.54. The van der Waals surface area contributed by atoms with Crippen LogP contribution < -0.4 is 0 Å². The highest BCUT2D eigenvalue weighted by Gasteiger charge is 2.28. The minimum atomic E-state index is 0.105. The van der Waals surface area contributed by atoms with Crippen LogP contribution in [0.3, 0.4) is 0 Å². The summed E-state index contributed by atoms with van der Waals surface area (Å²) >= 11 is 0. The second-order valence-electron chi connectivity index (χ2n) is 4.10. The Kier molecular flexibility index (Phi) is 3.52. The van der Waals surface area contributed by atoms with Crippen LogP contribution in [-0.4, -0.2) is 12.6 Å². The van der Waals surface area contributed by atoms with Crippen molar-refractivity contribution in [1.29, 1.82) is 0 Å². The van der Waals surface area contributed by atoms with E-state index in [2.05, 4.69) is 20.4 Å². The average molecular weight is 182 g/mol. The largest absolute Gasteiger partial charge is 0.464 e. The van der Waals surface area contributed by atoms with Crippen LogP contribution in [0.15, 0.2) is 12.2 Å². The van der Waals surface area contributed by atoms with E-state index in [0.29, 0.717) is 18.3 Å². The van der Waals surface area contributed by atoms with Crippen LogP contribution in [0.2, 0.25) is 0 Å². The first-order valence-corrected chi connectivity index (χ1v) is 4.89. The maximum Gasteiger partial charge on any atom is 0.293 e. The van der Waals surface area contributed by atoms with Crippen LogP contribution in [0.5, 0.6) is 0 Å². The summed E-state index contributed by atoms with van der Waals surface area (Å²) in [6, 6.07) is 0. The number of hydrogen-bond acceptors (Lipinski definition) is 2. The van der Waals surface area contributed by atoms with Crippen LogP contribution in [0.1, 0.15) is 33.1 Å². The SMILES string of the molecule is C=C(C)C1CCC(C)C(OC=O)C1. The normalized spacial score (nSPS) is 33.8. The summed E-state index contributed by atoms with van der Waals surface area (Å²) in [6.45, 7) is 8.72. The smallest absolute Gasteiger partial charge is 0.293 e. The van der Waals surface area contributed by atoms with Crippen molar-refractivity contribution in [3.63, 3.8) is 0 Å². The third-order valence-electron chi connectivity index (χ3n) is 3.05. The Bertz CT molecular complexity index is 198. The molecule has 0 bridgehead atoms. The van der Waals surface area contributed by atoms with Crippen molar-refractivity contribution in [3.05, 3.63) is 12.2 Å². The lowest BCUT2D eigenvalue weighted by atomic mass is 9.78. The summed E-state index contributed by atoms with van der Waals surface area (Å²) in [5.41, 5.74) is 1.21. The number of hydrogen-bond donors (Lipinski definition) is 0. The quantitative estimate of drug-likeness (QED) is 0.495. The molecule has 0 aromatic carbocycles. The van der Waals surface area contributed by atoms with Crippen molar-refractivity contribution in [2.45, 2.75) is 39.2 Å². The second kappa shape index (κ2) is 4.45. The Morgan fingerprint density at radius 2 is 2.23 bits per heavy atom. The topological polar surface area (TPSA) is 26.3 Å². The molecule has 0 amide bonds. The number of carbonyl (C=O) groups is 1. The van der Waals surface area contributed by atoms with Crippen LogP contribution in [0.4, 0.5) is 0 Å². The second-order valence-corrected chi connectivity index (χ2v) is 4.10. The molecular formula is C11H18O2. The summed E-state index contributed by atoms with van der Waals surface area (Å²) < 4.78 is 5.05. The minimum absolute atomic E-state index is 0.105. The Morgan fingerprint density at radius 1 is 1.54 bits per heavy atom. The van der Waals surface area contributed by atoms with Crippen molar-refractivity contribution >= 4 is 6.47 Å². The zero-order valence-electron chi connectivity index (χ0n) is 8.45. The molecule has 1 fully saturated rings. The molecule has 0 N–H and O–H groups in total. The van der Waals surface area contributed by atoms with Crippen molar-refractivity contribution in [2.75, 3.05) is 0 Å². The van der Waals surface area contributed by atoms with Gasteiger partial charge in [0, 0.05) is 0 Å². The number of ether oxygens (including phenoxy) is 1. The minimum Gasteiger partial charge on any atom is -0.464 e. The van der Waals surface area contributed by atoms with E-state index in [1.54, 1.807) is 0 Å². The Labute approximate surface area is 80.0 Å². The van der Waals surface area contributed by atoms with Gasteiger partial charge >= 0.3 is 0 Å². The van der Waals surface area contributed by atoms with E-state index in [-0.39, 0.29) is 6.10 Å². The predicted molar refractivity (Wildman–Crippen MR) is 52.3 cm³/mol. The maximum absolute atomic E-state index is 10.3. The van der Waals surface area contributed by atoms with Gasteiger partial charge in [-0.2, -0.15) is 0 Å². The average Bonchev–Trinajstić information content (AvgIpc) is 2.08. The van der Waals surface area contributed by atoms with Crippen molar-refractivity contribution < 1.29 is 9.53 Å². The summed E-state index contributed by atoms with van der Waals surface area (Å²) in [7, 11) is 0. The zero-order valence-corrected chi connectivity index (χ0v) is 8.45. The lowest BCUT2D eigenvalue weighted by Gasteiger charge is -2.33. The lowest BCUT2D eigenvalue weighted by molar-refractivity contribution is -0.138. The third-order valence-corrected chi connectivity index (χ3v) is 3.05.